The maximum atomic E-state index is 13.5. The van der Waals surface area contributed by atoms with Crippen LogP contribution in [0.5, 0.6) is 0 Å². The molecular formula is C28H34N2O5. The van der Waals surface area contributed by atoms with Gasteiger partial charge in [0.05, 0.1) is 6.42 Å². The SMILES string of the molecule is CC(C)(C)[C@@H](NC(=O)OCC1c2ccccc2-c2ccccc21)C(=O)N1CCCC[C@H]1CC(=O)O. The first-order valence-corrected chi connectivity index (χ1v) is 12.3. The average Bonchev–Trinajstić information content (AvgIpc) is 3.14. The summed E-state index contributed by atoms with van der Waals surface area (Å²) in [4.78, 5) is 39.4. The first-order valence-electron chi connectivity index (χ1n) is 12.3. The number of hydrogen-bond donors (Lipinski definition) is 2. The number of nitrogens with one attached hydrogen (secondary N) is 1. The summed E-state index contributed by atoms with van der Waals surface area (Å²) in [5.41, 5.74) is 3.96. The van der Waals surface area contributed by atoms with Gasteiger partial charge in [0.25, 0.3) is 0 Å². The van der Waals surface area contributed by atoms with Crippen LogP contribution in [0, 0.1) is 5.41 Å². The minimum absolute atomic E-state index is 0.0704. The monoisotopic (exact) mass is 478 g/mol. The van der Waals surface area contributed by atoms with Crippen molar-refractivity contribution in [2.75, 3.05) is 13.2 Å². The quantitative estimate of drug-likeness (QED) is 0.622. The molecule has 2 atom stereocenters. The zero-order valence-electron chi connectivity index (χ0n) is 20.6. The van der Waals surface area contributed by atoms with Gasteiger partial charge in [0.2, 0.25) is 5.91 Å². The molecule has 7 heteroatoms. The lowest BCUT2D eigenvalue weighted by Crippen LogP contribution is -2.58. The number of likely N-dealkylation sites (tertiary alicyclic amines) is 1. The topological polar surface area (TPSA) is 95.9 Å². The summed E-state index contributed by atoms with van der Waals surface area (Å²) in [5, 5.41) is 12.1. The Balaban J connectivity index is 1.46. The van der Waals surface area contributed by atoms with Gasteiger partial charge in [0.1, 0.15) is 12.6 Å². The highest BCUT2D eigenvalue weighted by Gasteiger charge is 2.40. The van der Waals surface area contributed by atoms with Crippen LogP contribution in [0.4, 0.5) is 4.79 Å². The van der Waals surface area contributed by atoms with Crippen molar-refractivity contribution in [1.29, 1.82) is 0 Å². The number of alkyl carbamates (subject to hydrolysis) is 1. The van der Waals surface area contributed by atoms with E-state index in [0.29, 0.717) is 13.0 Å². The van der Waals surface area contributed by atoms with Gasteiger partial charge < -0.3 is 20.1 Å². The number of carboxylic acids is 1. The molecule has 2 aromatic carbocycles. The van der Waals surface area contributed by atoms with E-state index < -0.39 is 23.5 Å². The molecular weight excluding hydrogens is 444 g/mol. The molecule has 2 aliphatic rings. The number of carbonyl (C=O) groups is 3. The van der Waals surface area contributed by atoms with Gasteiger partial charge in [0.15, 0.2) is 0 Å². The molecule has 7 nitrogen and oxygen atoms in total. The van der Waals surface area contributed by atoms with Gasteiger partial charge >= 0.3 is 12.1 Å². The number of aliphatic carboxylic acids is 1. The zero-order chi connectivity index (χ0) is 25.2. The summed E-state index contributed by atoms with van der Waals surface area (Å²) in [5.74, 6) is -1.25. The Morgan fingerprint density at radius 1 is 1.03 bits per heavy atom. The van der Waals surface area contributed by atoms with Crippen molar-refractivity contribution in [2.24, 2.45) is 5.41 Å². The predicted octanol–water partition coefficient (Wildman–Crippen LogP) is 4.80. The molecule has 0 unspecified atom stereocenters. The smallest absolute Gasteiger partial charge is 0.407 e. The number of carbonyl (C=O) groups excluding carboxylic acids is 2. The molecule has 1 aliphatic carbocycles. The number of amides is 2. The van der Waals surface area contributed by atoms with Crippen LogP contribution >= 0.6 is 0 Å². The fraction of sp³-hybridized carbons (Fsp3) is 0.464. The van der Waals surface area contributed by atoms with E-state index in [1.165, 1.54) is 0 Å². The van der Waals surface area contributed by atoms with E-state index in [1.807, 2.05) is 45.0 Å². The molecule has 2 aromatic rings. The second-order valence-electron chi connectivity index (χ2n) is 10.5. The van der Waals surface area contributed by atoms with Crippen LogP contribution in [-0.4, -0.2) is 53.2 Å². The van der Waals surface area contributed by atoms with Gasteiger partial charge in [-0.1, -0.05) is 69.3 Å². The third-order valence-electron chi connectivity index (χ3n) is 7.04. The molecule has 35 heavy (non-hydrogen) atoms. The fourth-order valence-corrected chi connectivity index (χ4v) is 5.28. The highest BCUT2D eigenvalue weighted by molar-refractivity contribution is 5.87. The first-order chi connectivity index (χ1) is 16.7. The van der Waals surface area contributed by atoms with Crippen LogP contribution in [0.3, 0.4) is 0 Å². The molecule has 1 saturated heterocycles. The van der Waals surface area contributed by atoms with Gasteiger partial charge in [-0.3, -0.25) is 9.59 Å². The van der Waals surface area contributed by atoms with E-state index in [0.717, 1.165) is 35.1 Å². The second kappa shape index (κ2) is 10.1. The Hall–Kier alpha value is -3.35. The van der Waals surface area contributed by atoms with Gasteiger partial charge in [0, 0.05) is 18.5 Å². The lowest BCUT2D eigenvalue weighted by Gasteiger charge is -2.40. The van der Waals surface area contributed by atoms with Crippen molar-refractivity contribution in [2.45, 2.75) is 64.5 Å². The summed E-state index contributed by atoms with van der Waals surface area (Å²) in [7, 11) is 0. The minimum atomic E-state index is -0.925. The summed E-state index contributed by atoms with van der Waals surface area (Å²) < 4.78 is 5.68. The van der Waals surface area contributed by atoms with Gasteiger partial charge in [-0.15, -0.1) is 0 Å². The summed E-state index contributed by atoms with van der Waals surface area (Å²) in [6.07, 6.45) is 1.63. The molecule has 1 fully saturated rings. The molecule has 1 heterocycles. The number of ether oxygens (including phenoxy) is 1. The Kier molecular flexibility index (Phi) is 7.15. The van der Waals surface area contributed by atoms with Crippen LogP contribution in [0.2, 0.25) is 0 Å². The maximum absolute atomic E-state index is 13.5. The summed E-state index contributed by atoms with van der Waals surface area (Å²) in [6.45, 7) is 6.31. The molecule has 0 bridgehead atoms. The summed E-state index contributed by atoms with van der Waals surface area (Å²) in [6, 6.07) is 15.1. The normalized spacial score (nSPS) is 18.4. The minimum Gasteiger partial charge on any atom is -0.481 e. The van der Waals surface area contributed by atoms with Crippen LogP contribution in [-0.2, 0) is 14.3 Å². The van der Waals surface area contributed by atoms with E-state index >= 15 is 0 Å². The number of piperidine rings is 1. The fourth-order valence-electron chi connectivity index (χ4n) is 5.28. The van der Waals surface area contributed by atoms with E-state index in [4.69, 9.17) is 4.74 Å². The largest absolute Gasteiger partial charge is 0.481 e. The molecule has 1 aliphatic heterocycles. The molecule has 186 valence electrons. The predicted molar refractivity (Wildman–Crippen MR) is 133 cm³/mol. The number of hydrogen-bond acceptors (Lipinski definition) is 4. The number of fused-ring (bicyclic) bond motifs is 3. The highest BCUT2D eigenvalue weighted by atomic mass is 16.5. The van der Waals surface area contributed by atoms with Gasteiger partial charge in [-0.05, 0) is 46.9 Å². The number of carboxylic acid groups (broad SMARTS) is 1. The third-order valence-corrected chi connectivity index (χ3v) is 7.04. The van der Waals surface area contributed by atoms with Crippen LogP contribution in [0.25, 0.3) is 11.1 Å². The molecule has 0 spiro atoms. The number of benzene rings is 2. The van der Waals surface area contributed by atoms with Gasteiger partial charge in [-0.25, -0.2) is 4.79 Å². The van der Waals surface area contributed by atoms with Gasteiger partial charge in [-0.2, -0.15) is 0 Å². The van der Waals surface area contributed by atoms with Crippen LogP contribution < -0.4 is 5.32 Å². The van der Waals surface area contributed by atoms with Crippen LogP contribution in [0.15, 0.2) is 48.5 Å². The average molecular weight is 479 g/mol. The molecule has 4 rings (SSSR count). The van der Waals surface area contributed by atoms with Crippen molar-refractivity contribution in [1.82, 2.24) is 10.2 Å². The lowest BCUT2D eigenvalue weighted by atomic mass is 9.84. The van der Waals surface area contributed by atoms with Crippen molar-refractivity contribution in [3.63, 3.8) is 0 Å². The number of nitrogens with zero attached hydrogens (tertiary/aromatic N) is 1. The van der Waals surface area contributed by atoms with Crippen molar-refractivity contribution >= 4 is 18.0 Å². The summed E-state index contributed by atoms with van der Waals surface area (Å²) >= 11 is 0. The molecule has 2 amide bonds. The molecule has 0 saturated carbocycles. The Bertz CT molecular complexity index is 1060. The zero-order valence-corrected chi connectivity index (χ0v) is 20.6. The number of rotatable bonds is 6. The van der Waals surface area contributed by atoms with Crippen molar-refractivity contribution < 1.29 is 24.2 Å². The van der Waals surface area contributed by atoms with Crippen LogP contribution in [0.1, 0.15) is 63.5 Å². The Labute approximate surface area is 206 Å². The lowest BCUT2D eigenvalue weighted by molar-refractivity contribution is -0.144. The second-order valence-corrected chi connectivity index (χ2v) is 10.5. The van der Waals surface area contributed by atoms with E-state index in [1.54, 1.807) is 4.90 Å². The van der Waals surface area contributed by atoms with E-state index in [2.05, 4.69) is 29.6 Å². The van der Waals surface area contributed by atoms with Crippen molar-refractivity contribution in [3.8, 4) is 11.1 Å². The first kappa shape index (κ1) is 24.8. The molecule has 0 aromatic heterocycles. The maximum Gasteiger partial charge on any atom is 0.407 e. The molecule has 2 N–H and O–H groups in total. The van der Waals surface area contributed by atoms with Crippen molar-refractivity contribution in [3.05, 3.63) is 59.7 Å². The van der Waals surface area contributed by atoms with E-state index in [9.17, 15) is 19.5 Å². The Morgan fingerprint density at radius 3 is 2.20 bits per heavy atom. The third kappa shape index (κ3) is 5.34. The molecule has 0 radical (unpaired) electrons. The Morgan fingerprint density at radius 2 is 1.63 bits per heavy atom. The van der Waals surface area contributed by atoms with E-state index in [-0.39, 0.29) is 30.9 Å². The standard InChI is InChI=1S/C28H34N2O5/c1-28(2,3)25(26(33)30-15-9-8-10-18(30)16-24(31)32)29-27(34)35-17-23-21-13-6-4-11-19(21)20-12-5-7-14-22(20)23/h4-7,11-14,18,23,25H,8-10,15-17H2,1-3H3,(H,29,34)(H,31,32)/t18-,25-/m0/s1. The highest BCUT2D eigenvalue weighted by Crippen LogP contribution is 2.44.